The number of allylic oxidation sites excluding steroid dienone is 14. The van der Waals surface area contributed by atoms with Crippen LogP contribution >= 0.6 is 7.82 Å². The number of carbonyl (C=O) groups is 3. The van der Waals surface area contributed by atoms with Gasteiger partial charge in [-0.2, -0.15) is 0 Å². The smallest absolute Gasteiger partial charge is 0.462 e. The summed E-state index contributed by atoms with van der Waals surface area (Å²) in [6.07, 6.45) is 61.1. The Balaban J connectivity index is 4.79. The molecule has 11 nitrogen and oxygen atoms in total. The number of ether oxygens (including phenoxy) is 3. The molecular formula is C60H103O11P. The molecule has 0 saturated heterocycles. The van der Waals surface area contributed by atoms with E-state index in [9.17, 15) is 28.9 Å². The van der Waals surface area contributed by atoms with Gasteiger partial charge >= 0.3 is 25.7 Å². The van der Waals surface area contributed by atoms with Crippen LogP contribution in [0.4, 0.5) is 0 Å². The maximum Gasteiger partial charge on any atom is 0.472 e. The molecule has 72 heavy (non-hydrogen) atoms. The van der Waals surface area contributed by atoms with Crippen LogP contribution in [0, 0.1) is 0 Å². The fourth-order valence-electron chi connectivity index (χ4n) is 7.54. The minimum absolute atomic E-state index is 0.140. The Hall–Kier alpha value is -3.34. The Morgan fingerprint density at radius 3 is 1.11 bits per heavy atom. The summed E-state index contributed by atoms with van der Waals surface area (Å²) in [6.45, 7) is 4.37. The molecular weight excluding hydrogens is 928 g/mol. The van der Waals surface area contributed by atoms with Crippen molar-refractivity contribution in [2.45, 2.75) is 251 Å². The Morgan fingerprint density at radius 2 is 0.722 bits per heavy atom. The van der Waals surface area contributed by atoms with Crippen molar-refractivity contribution < 1.29 is 52.2 Å². The molecule has 0 heterocycles. The van der Waals surface area contributed by atoms with Gasteiger partial charge in [-0.15, -0.1) is 0 Å². The van der Waals surface area contributed by atoms with Crippen LogP contribution in [0.2, 0.25) is 0 Å². The van der Waals surface area contributed by atoms with Crippen LogP contribution in [0.1, 0.15) is 239 Å². The van der Waals surface area contributed by atoms with Gasteiger partial charge in [0.1, 0.15) is 12.7 Å². The Labute approximate surface area is 439 Å². The first-order valence-electron chi connectivity index (χ1n) is 28.5. The number of phosphoric acid groups is 1. The van der Waals surface area contributed by atoms with Crippen molar-refractivity contribution in [2.75, 3.05) is 26.4 Å². The van der Waals surface area contributed by atoms with Gasteiger partial charge in [0.05, 0.1) is 19.8 Å². The maximum absolute atomic E-state index is 12.9. The quantitative estimate of drug-likeness (QED) is 0.0197. The van der Waals surface area contributed by atoms with Crippen molar-refractivity contribution in [3.05, 3.63) is 85.1 Å². The number of aliphatic hydroxyl groups excluding tert-OH is 1. The highest BCUT2D eigenvalue weighted by Gasteiger charge is 2.28. The van der Waals surface area contributed by atoms with Crippen molar-refractivity contribution in [3.8, 4) is 0 Å². The van der Waals surface area contributed by atoms with E-state index in [0.717, 1.165) is 122 Å². The summed E-state index contributed by atoms with van der Waals surface area (Å²) in [4.78, 5) is 48.5. The third-order valence-corrected chi connectivity index (χ3v) is 12.8. The maximum atomic E-state index is 12.9. The molecule has 0 spiro atoms. The van der Waals surface area contributed by atoms with E-state index in [-0.39, 0.29) is 25.9 Å². The highest BCUT2D eigenvalue weighted by atomic mass is 31.2. The molecule has 0 aromatic carbocycles. The lowest BCUT2D eigenvalue weighted by Crippen LogP contribution is -2.30. The second-order valence-corrected chi connectivity index (χ2v) is 20.1. The number of aliphatic hydroxyl groups is 1. The summed E-state index contributed by atoms with van der Waals surface area (Å²) in [5.74, 6) is -1.51. The topological polar surface area (TPSA) is 155 Å². The fraction of sp³-hybridized carbons (Fsp3) is 0.717. The first-order valence-corrected chi connectivity index (χ1v) is 30.0. The fourth-order valence-corrected chi connectivity index (χ4v) is 8.32. The van der Waals surface area contributed by atoms with E-state index in [1.165, 1.54) is 57.8 Å². The molecule has 0 bridgehead atoms. The van der Waals surface area contributed by atoms with Crippen LogP contribution < -0.4 is 0 Å². The lowest BCUT2D eigenvalue weighted by atomic mass is 10.0. The summed E-state index contributed by atoms with van der Waals surface area (Å²) in [5, 5.41) is 9.80. The molecule has 3 atom stereocenters. The van der Waals surface area contributed by atoms with Crippen LogP contribution in [0.3, 0.4) is 0 Å². The molecule has 0 aliphatic heterocycles. The van der Waals surface area contributed by atoms with Gasteiger partial charge in [0.25, 0.3) is 0 Å². The number of hydrogen-bond donors (Lipinski definition) is 2. The van der Waals surface area contributed by atoms with E-state index in [4.69, 9.17) is 23.3 Å². The lowest BCUT2D eigenvalue weighted by molar-refractivity contribution is -0.161. The normalized spacial score (nSPS) is 14.0. The van der Waals surface area contributed by atoms with E-state index in [1.54, 1.807) is 0 Å². The lowest BCUT2D eigenvalue weighted by Gasteiger charge is -2.21. The van der Waals surface area contributed by atoms with Crippen molar-refractivity contribution in [3.63, 3.8) is 0 Å². The Kier molecular flexibility index (Phi) is 51.4. The number of unbranched alkanes of at least 4 members (excludes halogenated alkanes) is 21. The molecule has 0 aromatic rings. The molecule has 3 unspecified atom stereocenters. The molecule has 0 aromatic heterocycles. The van der Waals surface area contributed by atoms with Crippen LogP contribution in [0.15, 0.2) is 85.1 Å². The Morgan fingerprint density at radius 1 is 0.403 bits per heavy atom. The molecule has 2 N–H and O–H groups in total. The summed E-state index contributed by atoms with van der Waals surface area (Å²) in [6, 6.07) is 0. The van der Waals surface area contributed by atoms with E-state index >= 15 is 0 Å². The third-order valence-electron chi connectivity index (χ3n) is 11.8. The molecule has 0 aliphatic rings. The van der Waals surface area contributed by atoms with E-state index in [2.05, 4.69) is 106 Å². The number of carbonyl (C=O) groups excluding carboxylic acids is 3. The van der Waals surface area contributed by atoms with Crippen LogP contribution in [0.25, 0.3) is 0 Å². The predicted molar refractivity (Wildman–Crippen MR) is 298 cm³/mol. The van der Waals surface area contributed by atoms with Crippen LogP contribution in [0.5, 0.6) is 0 Å². The van der Waals surface area contributed by atoms with Crippen LogP contribution in [-0.2, 0) is 42.2 Å². The van der Waals surface area contributed by atoms with Crippen molar-refractivity contribution >= 4 is 25.7 Å². The van der Waals surface area contributed by atoms with Gasteiger partial charge in [0.15, 0.2) is 6.10 Å². The standard InChI is InChI=1S/C60H103O11P/c1-4-7-10-13-16-19-22-25-27-28-30-32-34-37-40-43-46-49-58(62)67-53-57(71-60(64)51-48-45-42-39-36-33-29-26-23-20-17-14-11-8-5-2)55-69-72(65,66)68-54-56(52-61)70-59(63)50-47-44-41-38-35-31-24-21-18-15-12-9-6-3/h7-8,10-11,16-17,19-20,25-27,29-30,32,56-57,61H,4-6,9,12-15,18,21-24,28,31,33-55H2,1-3H3,(H,65,66)/b10-7-,11-8-,19-16-,20-17-,27-25-,29-26-,32-30-. The zero-order valence-electron chi connectivity index (χ0n) is 45.6. The number of esters is 3. The second-order valence-electron chi connectivity index (χ2n) is 18.7. The molecule has 0 saturated carbocycles. The number of hydrogen-bond acceptors (Lipinski definition) is 10. The minimum Gasteiger partial charge on any atom is -0.462 e. The molecule has 414 valence electrons. The summed E-state index contributed by atoms with van der Waals surface area (Å²) in [5.41, 5.74) is 0. The SMILES string of the molecule is CC/C=C\C/C=C\C/C=C\C/C=C\CCCCCCC(=O)OCC(COP(=O)(O)OCC(CO)OC(=O)CCCCCCCCCCCCCCC)OC(=O)CCCCCCC/C=C\C/C=C\C/C=C\CC. The molecule has 0 aliphatic carbocycles. The first kappa shape index (κ1) is 68.7. The van der Waals surface area contributed by atoms with Gasteiger partial charge < -0.3 is 24.2 Å². The zero-order valence-corrected chi connectivity index (χ0v) is 46.5. The monoisotopic (exact) mass is 1030 g/mol. The molecule has 12 heteroatoms. The molecule has 0 amide bonds. The van der Waals surface area contributed by atoms with Gasteiger partial charge in [-0.25, -0.2) is 4.57 Å². The van der Waals surface area contributed by atoms with E-state index in [0.29, 0.717) is 19.3 Å². The van der Waals surface area contributed by atoms with E-state index in [1.807, 2.05) is 0 Å². The number of phosphoric ester groups is 1. The predicted octanol–water partition coefficient (Wildman–Crippen LogP) is 16.7. The second kappa shape index (κ2) is 53.9. The highest BCUT2D eigenvalue weighted by molar-refractivity contribution is 7.47. The van der Waals surface area contributed by atoms with Crippen molar-refractivity contribution in [1.82, 2.24) is 0 Å². The summed E-state index contributed by atoms with van der Waals surface area (Å²) >= 11 is 0. The summed E-state index contributed by atoms with van der Waals surface area (Å²) in [7, 11) is -4.76. The van der Waals surface area contributed by atoms with Gasteiger partial charge in [0, 0.05) is 19.3 Å². The van der Waals surface area contributed by atoms with Gasteiger partial charge in [-0.1, -0.05) is 215 Å². The summed E-state index contributed by atoms with van der Waals surface area (Å²) < 4.78 is 39.5. The third kappa shape index (κ3) is 51.6. The number of rotatable bonds is 52. The van der Waals surface area contributed by atoms with Gasteiger partial charge in [-0.05, 0) is 89.9 Å². The molecule has 0 fully saturated rings. The van der Waals surface area contributed by atoms with Crippen LogP contribution in [-0.4, -0.2) is 66.5 Å². The Bertz CT molecular complexity index is 1530. The van der Waals surface area contributed by atoms with Crippen molar-refractivity contribution in [1.29, 1.82) is 0 Å². The molecule has 0 radical (unpaired) electrons. The first-order chi connectivity index (χ1) is 35.2. The average Bonchev–Trinajstić information content (AvgIpc) is 3.37. The molecule has 0 rings (SSSR count). The van der Waals surface area contributed by atoms with Crippen molar-refractivity contribution in [2.24, 2.45) is 0 Å². The van der Waals surface area contributed by atoms with Gasteiger partial charge in [0.2, 0.25) is 0 Å². The zero-order chi connectivity index (χ0) is 52.7. The minimum atomic E-state index is -4.76. The highest BCUT2D eigenvalue weighted by Crippen LogP contribution is 2.43. The average molecular weight is 1030 g/mol. The van der Waals surface area contributed by atoms with Gasteiger partial charge in [-0.3, -0.25) is 23.4 Å². The van der Waals surface area contributed by atoms with E-state index < -0.39 is 57.8 Å². The largest absolute Gasteiger partial charge is 0.472 e.